The number of H-pyrrole nitrogens is 1. The zero-order chi connectivity index (χ0) is 20.3. The molecule has 0 saturated carbocycles. The lowest BCUT2D eigenvalue weighted by molar-refractivity contribution is -0.118. The van der Waals surface area contributed by atoms with Gasteiger partial charge < -0.3 is 25.8 Å². The molecule has 3 rings (SSSR count). The number of anilines is 1. The molecule has 146 valence electrons. The molecule has 0 spiro atoms. The molecular weight excluding hydrogens is 382 g/mol. The predicted molar refractivity (Wildman–Crippen MR) is 104 cm³/mol. The highest BCUT2D eigenvalue weighted by atomic mass is 32.1. The SMILES string of the molecule is CC(C)C(NC(=O)c1ccco1)C(=O)Nc1nc(-c2c[nH]c(C(N)=O)c2)cs1. The highest BCUT2D eigenvalue weighted by Gasteiger charge is 2.26. The smallest absolute Gasteiger partial charge is 0.287 e. The third kappa shape index (κ3) is 4.29. The number of nitrogens with one attached hydrogen (secondary N) is 3. The number of aromatic amines is 1. The van der Waals surface area contributed by atoms with E-state index in [0.29, 0.717) is 16.4 Å². The Morgan fingerprint density at radius 2 is 2.11 bits per heavy atom. The topological polar surface area (TPSA) is 143 Å². The molecule has 10 heteroatoms. The minimum absolute atomic E-state index is 0.132. The van der Waals surface area contributed by atoms with E-state index < -0.39 is 17.9 Å². The number of hydrogen-bond donors (Lipinski definition) is 4. The van der Waals surface area contributed by atoms with Crippen molar-refractivity contribution in [3.05, 3.63) is 47.5 Å². The molecule has 3 amide bonds. The van der Waals surface area contributed by atoms with Crippen molar-refractivity contribution in [1.82, 2.24) is 15.3 Å². The minimum atomic E-state index is -0.765. The lowest BCUT2D eigenvalue weighted by atomic mass is 10.0. The first kappa shape index (κ1) is 19.4. The van der Waals surface area contributed by atoms with E-state index in [-0.39, 0.29) is 23.3 Å². The molecule has 0 saturated heterocycles. The number of aromatic nitrogens is 2. The maximum absolute atomic E-state index is 12.6. The maximum Gasteiger partial charge on any atom is 0.287 e. The summed E-state index contributed by atoms with van der Waals surface area (Å²) in [5, 5.41) is 7.50. The van der Waals surface area contributed by atoms with Crippen LogP contribution in [0.2, 0.25) is 0 Å². The number of nitrogens with two attached hydrogens (primary N) is 1. The molecule has 0 radical (unpaired) electrons. The van der Waals surface area contributed by atoms with Gasteiger partial charge in [-0.25, -0.2) is 4.98 Å². The van der Waals surface area contributed by atoms with Crippen molar-refractivity contribution in [2.45, 2.75) is 19.9 Å². The second kappa shape index (κ2) is 8.09. The van der Waals surface area contributed by atoms with Crippen LogP contribution in [-0.2, 0) is 4.79 Å². The number of carbonyl (C=O) groups excluding carboxylic acids is 3. The van der Waals surface area contributed by atoms with Crippen LogP contribution in [0.3, 0.4) is 0 Å². The van der Waals surface area contributed by atoms with Crippen LogP contribution in [0.25, 0.3) is 11.3 Å². The minimum Gasteiger partial charge on any atom is -0.459 e. The van der Waals surface area contributed by atoms with E-state index in [4.69, 9.17) is 10.2 Å². The molecular formula is C18H19N5O4S. The van der Waals surface area contributed by atoms with Gasteiger partial charge in [-0.3, -0.25) is 14.4 Å². The van der Waals surface area contributed by atoms with Crippen LogP contribution in [-0.4, -0.2) is 33.7 Å². The van der Waals surface area contributed by atoms with Crippen LogP contribution in [0.1, 0.15) is 34.9 Å². The van der Waals surface area contributed by atoms with Crippen molar-refractivity contribution in [1.29, 1.82) is 0 Å². The van der Waals surface area contributed by atoms with Crippen molar-refractivity contribution in [2.75, 3.05) is 5.32 Å². The quantitative estimate of drug-likeness (QED) is 0.480. The van der Waals surface area contributed by atoms with Crippen LogP contribution in [0.4, 0.5) is 5.13 Å². The molecule has 0 bridgehead atoms. The summed E-state index contributed by atoms with van der Waals surface area (Å²) in [6.45, 7) is 3.65. The summed E-state index contributed by atoms with van der Waals surface area (Å²) in [5.74, 6) is -1.44. The number of furan rings is 1. The van der Waals surface area contributed by atoms with Crippen molar-refractivity contribution in [3.8, 4) is 11.3 Å². The monoisotopic (exact) mass is 401 g/mol. The van der Waals surface area contributed by atoms with Gasteiger partial charge in [-0.05, 0) is 24.1 Å². The van der Waals surface area contributed by atoms with Crippen molar-refractivity contribution in [2.24, 2.45) is 11.7 Å². The summed E-state index contributed by atoms with van der Waals surface area (Å²) in [6.07, 6.45) is 3.00. The maximum atomic E-state index is 12.6. The number of nitrogens with zero attached hydrogens (tertiary/aromatic N) is 1. The number of amides is 3. The fourth-order valence-electron chi connectivity index (χ4n) is 2.49. The highest BCUT2D eigenvalue weighted by Crippen LogP contribution is 2.25. The van der Waals surface area contributed by atoms with E-state index >= 15 is 0 Å². The Morgan fingerprint density at radius 3 is 2.71 bits per heavy atom. The first-order valence-corrected chi connectivity index (χ1v) is 9.32. The largest absolute Gasteiger partial charge is 0.459 e. The number of primary amides is 1. The first-order chi connectivity index (χ1) is 13.3. The van der Waals surface area contributed by atoms with Crippen molar-refractivity contribution >= 4 is 34.2 Å². The molecule has 9 nitrogen and oxygen atoms in total. The van der Waals surface area contributed by atoms with E-state index in [9.17, 15) is 14.4 Å². The van der Waals surface area contributed by atoms with Crippen molar-refractivity contribution < 1.29 is 18.8 Å². The Kier molecular flexibility index (Phi) is 5.59. The molecule has 1 unspecified atom stereocenters. The molecule has 0 aliphatic heterocycles. The van der Waals surface area contributed by atoms with E-state index in [0.717, 1.165) is 0 Å². The third-order valence-electron chi connectivity index (χ3n) is 3.96. The number of carbonyl (C=O) groups is 3. The van der Waals surface area contributed by atoms with Gasteiger partial charge in [0.25, 0.3) is 11.8 Å². The average molecular weight is 401 g/mol. The molecule has 3 aromatic rings. The van der Waals surface area contributed by atoms with Crippen LogP contribution in [0.5, 0.6) is 0 Å². The molecule has 0 aliphatic rings. The summed E-state index contributed by atoms with van der Waals surface area (Å²) in [4.78, 5) is 43.1. The molecule has 0 aliphatic carbocycles. The molecule has 3 aromatic heterocycles. The zero-order valence-electron chi connectivity index (χ0n) is 15.2. The molecule has 3 heterocycles. The van der Waals surface area contributed by atoms with Crippen LogP contribution in [0, 0.1) is 5.92 Å². The molecule has 1 atom stereocenters. The van der Waals surface area contributed by atoms with Crippen molar-refractivity contribution in [3.63, 3.8) is 0 Å². The van der Waals surface area contributed by atoms with Gasteiger partial charge in [0.15, 0.2) is 10.9 Å². The van der Waals surface area contributed by atoms with Gasteiger partial charge in [0.1, 0.15) is 11.7 Å². The van der Waals surface area contributed by atoms with Gasteiger partial charge in [0.05, 0.1) is 12.0 Å². The first-order valence-electron chi connectivity index (χ1n) is 8.44. The summed E-state index contributed by atoms with van der Waals surface area (Å²) in [5.41, 5.74) is 6.76. The molecule has 28 heavy (non-hydrogen) atoms. The van der Waals surface area contributed by atoms with Gasteiger partial charge >= 0.3 is 0 Å². The summed E-state index contributed by atoms with van der Waals surface area (Å²) < 4.78 is 5.06. The van der Waals surface area contributed by atoms with Crippen LogP contribution >= 0.6 is 11.3 Å². The van der Waals surface area contributed by atoms with Crippen LogP contribution in [0.15, 0.2) is 40.5 Å². The lowest BCUT2D eigenvalue weighted by Gasteiger charge is -2.20. The fourth-order valence-corrected chi connectivity index (χ4v) is 3.21. The van der Waals surface area contributed by atoms with Crippen LogP contribution < -0.4 is 16.4 Å². The normalized spacial score (nSPS) is 12.0. The average Bonchev–Trinajstić information content (AvgIpc) is 3.39. The number of hydrogen-bond acceptors (Lipinski definition) is 6. The number of rotatable bonds is 7. The van der Waals surface area contributed by atoms with E-state index in [1.54, 1.807) is 23.7 Å². The van der Waals surface area contributed by atoms with E-state index in [1.807, 2.05) is 13.8 Å². The second-order valence-corrected chi connectivity index (χ2v) is 7.22. The number of thiazole rings is 1. The predicted octanol–water partition coefficient (Wildman–Crippen LogP) is 2.22. The summed E-state index contributed by atoms with van der Waals surface area (Å²) >= 11 is 1.23. The second-order valence-electron chi connectivity index (χ2n) is 6.37. The van der Waals surface area contributed by atoms with Gasteiger partial charge in [-0.1, -0.05) is 13.8 Å². The summed E-state index contributed by atoms with van der Waals surface area (Å²) in [6, 6.07) is 3.94. The van der Waals surface area contributed by atoms with E-state index in [2.05, 4.69) is 20.6 Å². The Balaban J connectivity index is 1.69. The third-order valence-corrected chi connectivity index (χ3v) is 4.72. The van der Waals surface area contributed by atoms with Gasteiger partial charge in [-0.2, -0.15) is 0 Å². The Bertz CT molecular complexity index is 989. The standard InChI is InChI=1S/C18H19N5O4S/c1-9(2)14(22-16(25)13-4-3-5-27-13)17(26)23-18-21-12(8-28-18)10-6-11(15(19)24)20-7-10/h3-9,14,20H,1-2H3,(H2,19,24)(H,22,25)(H,21,23,26). The van der Waals surface area contributed by atoms with Gasteiger partial charge in [-0.15, -0.1) is 11.3 Å². The van der Waals surface area contributed by atoms with Gasteiger partial charge in [0.2, 0.25) is 5.91 Å². The Morgan fingerprint density at radius 1 is 1.32 bits per heavy atom. The zero-order valence-corrected chi connectivity index (χ0v) is 16.0. The van der Waals surface area contributed by atoms with E-state index in [1.165, 1.54) is 23.7 Å². The molecule has 0 fully saturated rings. The fraction of sp³-hybridized carbons (Fsp3) is 0.222. The Hall–Kier alpha value is -3.40. The summed E-state index contributed by atoms with van der Waals surface area (Å²) in [7, 11) is 0. The highest BCUT2D eigenvalue weighted by molar-refractivity contribution is 7.14. The Labute approximate surface area is 164 Å². The van der Waals surface area contributed by atoms with Gasteiger partial charge in [0, 0.05) is 17.1 Å². The molecule has 5 N–H and O–H groups in total. The molecule has 0 aromatic carbocycles. The lowest BCUT2D eigenvalue weighted by Crippen LogP contribution is -2.47.